The zero-order valence-corrected chi connectivity index (χ0v) is 12.2. The molecule has 0 aliphatic heterocycles. The Labute approximate surface area is 112 Å². The van der Waals surface area contributed by atoms with E-state index in [-0.39, 0.29) is 12.2 Å². The molecule has 1 atom stereocenters. The Bertz CT molecular complexity index is 317. The Hall–Kier alpha value is -0.160. The molecule has 17 heavy (non-hydrogen) atoms. The first kappa shape index (κ1) is 14.9. The first-order valence-electron chi connectivity index (χ1n) is 5.90. The Morgan fingerprint density at radius 3 is 2.59 bits per heavy atom. The lowest BCUT2D eigenvalue weighted by Gasteiger charge is -2.14. The van der Waals surface area contributed by atoms with E-state index in [0.717, 1.165) is 17.1 Å². The summed E-state index contributed by atoms with van der Waals surface area (Å²) in [5.41, 5.74) is 0.923. The van der Waals surface area contributed by atoms with E-state index in [9.17, 15) is 0 Å². The van der Waals surface area contributed by atoms with E-state index in [2.05, 4.69) is 11.9 Å². The van der Waals surface area contributed by atoms with Crippen molar-refractivity contribution >= 4 is 22.9 Å². The van der Waals surface area contributed by atoms with Gasteiger partial charge in [-0.1, -0.05) is 6.92 Å². The molecule has 1 aromatic rings. The van der Waals surface area contributed by atoms with Crippen molar-refractivity contribution in [2.45, 2.75) is 45.3 Å². The smallest absolute Gasteiger partial charge is 0.122 e. The van der Waals surface area contributed by atoms with Crippen LogP contribution in [0.1, 0.15) is 44.0 Å². The van der Waals surface area contributed by atoms with Crippen LogP contribution in [-0.4, -0.2) is 24.3 Å². The first-order chi connectivity index (χ1) is 8.17. The number of thiazole rings is 1. The molecular weight excluding hydrogens is 258 g/mol. The summed E-state index contributed by atoms with van der Waals surface area (Å²) in [5.74, 6) is 0.462. The quantitative estimate of drug-likeness (QED) is 0.535. The van der Waals surface area contributed by atoms with Crippen molar-refractivity contribution in [2.24, 2.45) is 0 Å². The van der Waals surface area contributed by atoms with Crippen LogP contribution < -0.4 is 0 Å². The minimum atomic E-state index is 0.0627. The van der Waals surface area contributed by atoms with Gasteiger partial charge in [-0.15, -0.1) is 22.9 Å². The van der Waals surface area contributed by atoms with Crippen molar-refractivity contribution in [1.82, 2.24) is 4.98 Å². The maximum atomic E-state index is 5.77. The summed E-state index contributed by atoms with van der Waals surface area (Å²) in [6.45, 7) is 7.36. The minimum Gasteiger partial charge on any atom is -0.376 e. The maximum absolute atomic E-state index is 5.77. The summed E-state index contributed by atoms with van der Waals surface area (Å²) < 4.78 is 11.2. The van der Waals surface area contributed by atoms with Gasteiger partial charge in [0.15, 0.2) is 0 Å². The summed E-state index contributed by atoms with van der Waals surface area (Å²) >= 11 is 7.34. The largest absolute Gasteiger partial charge is 0.376 e. The normalized spacial score (nSPS) is 13.2. The lowest BCUT2D eigenvalue weighted by Crippen LogP contribution is -2.12. The summed E-state index contributed by atoms with van der Waals surface area (Å²) in [5, 5.41) is 2.99. The topological polar surface area (TPSA) is 31.4 Å². The number of hydrogen-bond acceptors (Lipinski definition) is 4. The molecule has 0 aromatic carbocycles. The first-order valence-corrected chi connectivity index (χ1v) is 7.32. The molecule has 0 saturated heterocycles. The van der Waals surface area contributed by atoms with Crippen LogP contribution in [0.3, 0.4) is 0 Å². The second-order valence-electron chi connectivity index (χ2n) is 4.00. The molecular formula is C12H20ClNO2S. The Balaban J connectivity index is 2.37. The monoisotopic (exact) mass is 277 g/mol. The van der Waals surface area contributed by atoms with Crippen LogP contribution >= 0.6 is 22.9 Å². The maximum Gasteiger partial charge on any atom is 0.122 e. The van der Waals surface area contributed by atoms with Crippen molar-refractivity contribution in [3.63, 3.8) is 0 Å². The van der Waals surface area contributed by atoms with Gasteiger partial charge in [-0.2, -0.15) is 0 Å². The molecule has 0 fully saturated rings. The Morgan fingerprint density at radius 2 is 2.06 bits per heavy atom. The van der Waals surface area contributed by atoms with Crippen LogP contribution in [-0.2, 0) is 15.4 Å². The Morgan fingerprint density at radius 1 is 1.35 bits per heavy atom. The SMILES string of the molecule is CCC(OCCOC(C)C)c1nc(CCl)cs1. The van der Waals surface area contributed by atoms with Crippen LogP contribution in [0, 0.1) is 0 Å². The molecule has 1 unspecified atom stereocenters. The highest BCUT2D eigenvalue weighted by atomic mass is 35.5. The number of hydrogen-bond donors (Lipinski definition) is 0. The van der Waals surface area contributed by atoms with Gasteiger partial charge in [0.1, 0.15) is 11.1 Å². The predicted octanol–water partition coefficient (Wildman–Crippen LogP) is 3.77. The van der Waals surface area contributed by atoms with Gasteiger partial charge in [-0.25, -0.2) is 4.98 Å². The second kappa shape index (κ2) is 8.03. The summed E-state index contributed by atoms with van der Waals surface area (Å²) in [6.07, 6.45) is 1.23. The van der Waals surface area contributed by atoms with E-state index in [1.807, 2.05) is 19.2 Å². The fraction of sp³-hybridized carbons (Fsp3) is 0.750. The molecule has 1 aromatic heterocycles. The van der Waals surface area contributed by atoms with E-state index in [0.29, 0.717) is 19.1 Å². The molecule has 0 N–H and O–H groups in total. The average molecular weight is 278 g/mol. The summed E-state index contributed by atoms with van der Waals surface area (Å²) in [7, 11) is 0. The minimum absolute atomic E-state index is 0.0627. The number of ether oxygens (including phenoxy) is 2. The van der Waals surface area contributed by atoms with Crippen LogP contribution in [0.5, 0.6) is 0 Å². The molecule has 0 amide bonds. The Kier molecular flexibility index (Phi) is 7.04. The van der Waals surface area contributed by atoms with Crippen molar-refractivity contribution in [2.75, 3.05) is 13.2 Å². The molecule has 98 valence electrons. The number of alkyl halides is 1. The van der Waals surface area contributed by atoms with Gasteiger partial charge in [0.2, 0.25) is 0 Å². The van der Waals surface area contributed by atoms with Crippen molar-refractivity contribution in [3.05, 3.63) is 16.1 Å². The number of aromatic nitrogens is 1. The molecule has 1 rings (SSSR count). The molecule has 0 radical (unpaired) electrons. The third-order valence-electron chi connectivity index (χ3n) is 2.21. The van der Waals surface area contributed by atoms with Gasteiger partial charge in [-0.3, -0.25) is 0 Å². The molecule has 3 nitrogen and oxygen atoms in total. The van der Waals surface area contributed by atoms with Crippen molar-refractivity contribution < 1.29 is 9.47 Å². The third-order valence-corrected chi connectivity index (χ3v) is 3.47. The van der Waals surface area contributed by atoms with E-state index < -0.39 is 0 Å². The van der Waals surface area contributed by atoms with E-state index in [1.54, 1.807) is 11.3 Å². The average Bonchev–Trinajstić information content (AvgIpc) is 2.77. The van der Waals surface area contributed by atoms with Crippen LogP contribution in [0.2, 0.25) is 0 Å². The third kappa shape index (κ3) is 5.34. The van der Waals surface area contributed by atoms with Gasteiger partial charge >= 0.3 is 0 Å². The molecule has 1 heterocycles. The summed E-state index contributed by atoms with van der Waals surface area (Å²) in [6, 6.07) is 0. The van der Waals surface area contributed by atoms with Gasteiger partial charge in [0.25, 0.3) is 0 Å². The van der Waals surface area contributed by atoms with E-state index >= 15 is 0 Å². The highest BCUT2D eigenvalue weighted by molar-refractivity contribution is 7.09. The van der Waals surface area contributed by atoms with Crippen LogP contribution in [0.4, 0.5) is 0 Å². The number of rotatable bonds is 8. The number of nitrogens with zero attached hydrogens (tertiary/aromatic N) is 1. The highest BCUT2D eigenvalue weighted by Gasteiger charge is 2.14. The zero-order valence-electron chi connectivity index (χ0n) is 10.6. The standard InChI is InChI=1S/C12H20ClNO2S/c1-4-11(16-6-5-15-9(2)3)12-14-10(7-13)8-17-12/h8-9,11H,4-7H2,1-3H3. The molecule has 0 spiro atoms. The predicted molar refractivity (Wildman–Crippen MR) is 71.7 cm³/mol. The van der Waals surface area contributed by atoms with Crippen molar-refractivity contribution in [1.29, 1.82) is 0 Å². The molecule has 5 heteroatoms. The van der Waals surface area contributed by atoms with Crippen molar-refractivity contribution in [3.8, 4) is 0 Å². The zero-order chi connectivity index (χ0) is 12.7. The highest BCUT2D eigenvalue weighted by Crippen LogP contribution is 2.25. The summed E-state index contributed by atoms with van der Waals surface area (Å²) in [4.78, 5) is 4.43. The second-order valence-corrected chi connectivity index (χ2v) is 5.15. The molecule has 0 saturated carbocycles. The fourth-order valence-corrected chi connectivity index (χ4v) is 2.55. The van der Waals surface area contributed by atoms with Gasteiger partial charge in [0, 0.05) is 5.38 Å². The number of halogens is 1. The van der Waals surface area contributed by atoms with E-state index in [1.165, 1.54) is 0 Å². The van der Waals surface area contributed by atoms with Gasteiger partial charge < -0.3 is 9.47 Å². The fourth-order valence-electron chi connectivity index (χ4n) is 1.37. The van der Waals surface area contributed by atoms with E-state index in [4.69, 9.17) is 21.1 Å². The van der Waals surface area contributed by atoms with Crippen LogP contribution in [0.25, 0.3) is 0 Å². The molecule has 0 aliphatic rings. The lowest BCUT2D eigenvalue weighted by atomic mass is 10.3. The van der Waals surface area contributed by atoms with Gasteiger partial charge in [-0.05, 0) is 20.3 Å². The lowest BCUT2D eigenvalue weighted by molar-refractivity contribution is -0.0147. The van der Waals surface area contributed by atoms with Crippen LogP contribution in [0.15, 0.2) is 5.38 Å². The molecule has 0 bridgehead atoms. The molecule has 0 aliphatic carbocycles. The van der Waals surface area contributed by atoms with Gasteiger partial charge in [0.05, 0.1) is 30.9 Å².